The Labute approximate surface area is 123 Å². The molecule has 0 aliphatic heterocycles. The highest BCUT2D eigenvalue weighted by Crippen LogP contribution is 2.33. The number of anilines is 1. The van der Waals surface area contributed by atoms with Crippen molar-refractivity contribution >= 4 is 5.69 Å². The molecule has 21 heavy (non-hydrogen) atoms. The maximum atomic E-state index is 12.3. The first kappa shape index (κ1) is 15.0. The molecule has 0 aliphatic rings. The molecule has 5 heteroatoms. The summed E-state index contributed by atoms with van der Waals surface area (Å²) in [4.78, 5) is 12.3. The molecule has 2 aromatic rings. The molecule has 2 rings (SSSR count). The zero-order chi connectivity index (χ0) is 15.6. The summed E-state index contributed by atoms with van der Waals surface area (Å²) in [7, 11) is 3.19. The van der Waals surface area contributed by atoms with Crippen molar-refractivity contribution in [3.8, 4) is 22.8 Å². The van der Waals surface area contributed by atoms with Crippen molar-refractivity contribution in [2.45, 2.75) is 19.9 Å². The van der Waals surface area contributed by atoms with Gasteiger partial charge in [0.25, 0.3) is 5.56 Å². The number of pyridine rings is 1. The first-order valence-corrected chi connectivity index (χ1v) is 6.73. The van der Waals surface area contributed by atoms with Crippen LogP contribution >= 0.6 is 0 Å². The number of benzene rings is 1. The molecule has 0 amide bonds. The fourth-order valence-corrected chi connectivity index (χ4v) is 2.31. The molecule has 2 N–H and O–H groups in total. The monoisotopic (exact) mass is 288 g/mol. The lowest BCUT2D eigenvalue weighted by Crippen LogP contribution is -2.25. The molecule has 1 heterocycles. The quantitative estimate of drug-likeness (QED) is 0.939. The van der Waals surface area contributed by atoms with Gasteiger partial charge in [0.2, 0.25) is 0 Å². The normalized spacial score (nSPS) is 10.7. The fourth-order valence-electron chi connectivity index (χ4n) is 2.31. The zero-order valence-electron chi connectivity index (χ0n) is 12.7. The molecule has 0 unspecified atom stereocenters. The van der Waals surface area contributed by atoms with Crippen LogP contribution in [-0.4, -0.2) is 18.8 Å². The van der Waals surface area contributed by atoms with E-state index in [-0.39, 0.29) is 17.3 Å². The number of nitrogens with two attached hydrogens (primary N) is 1. The SMILES string of the molecule is COc1ccc(-c2ccc(N)c(=O)n2C(C)C)c(OC)c1. The van der Waals surface area contributed by atoms with Crippen LogP contribution < -0.4 is 20.8 Å². The molecule has 1 aromatic heterocycles. The van der Waals surface area contributed by atoms with Crippen LogP contribution in [0.25, 0.3) is 11.3 Å². The minimum Gasteiger partial charge on any atom is -0.497 e. The highest BCUT2D eigenvalue weighted by Gasteiger charge is 2.15. The summed E-state index contributed by atoms with van der Waals surface area (Å²) in [6, 6.07) is 8.95. The summed E-state index contributed by atoms with van der Waals surface area (Å²) in [6.45, 7) is 3.89. The number of methoxy groups -OCH3 is 2. The predicted octanol–water partition coefficient (Wildman–Crippen LogP) is 2.70. The number of nitrogen functional groups attached to an aromatic ring is 1. The first-order chi connectivity index (χ1) is 9.99. The second kappa shape index (κ2) is 5.91. The van der Waals surface area contributed by atoms with Crippen molar-refractivity contribution in [3.63, 3.8) is 0 Å². The average molecular weight is 288 g/mol. The molecule has 0 spiro atoms. The van der Waals surface area contributed by atoms with Crippen LogP contribution in [0, 0.1) is 0 Å². The second-order valence-electron chi connectivity index (χ2n) is 5.01. The van der Waals surface area contributed by atoms with E-state index in [0.717, 1.165) is 11.3 Å². The third kappa shape index (κ3) is 2.72. The lowest BCUT2D eigenvalue weighted by atomic mass is 10.1. The standard InChI is InChI=1S/C16H20N2O3/c1-10(2)18-14(8-7-13(17)16(18)19)12-6-5-11(20-3)9-15(12)21-4/h5-10H,17H2,1-4H3. The molecule has 0 bridgehead atoms. The van der Waals surface area contributed by atoms with Crippen LogP contribution in [0.15, 0.2) is 35.1 Å². The smallest absolute Gasteiger partial charge is 0.274 e. The lowest BCUT2D eigenvalue weighted by Gasteiger charge is -2.19. The number of aromatic nitrogens is 1. The Hall–Kier alpha value is -2.43. The van der Waals surface area contributed by atoms with Crippen LogP contribution in [0.5, 0.6) is 11.5 Å². The van der Waals surface area contributed by atoms with Gasteiger partial charge in [0.05, 0.1) is 25.6 Å². The molecule has 0 fully saturated rings. The van der Waals surface area contributed by atoms with Gasteiger partial charge in [0.15, 0.2) is 0 Å². The third-order valence-electron chi connectivity index (χ3n) is 3.35. The molecule has 0 saturated heterocycles. The summed E-state index contributed by atoms with van der Waals surface area (Å²) in [6.07, 6.45) is 0. The van der Waals surface area contributed by atoms with Gasteiger partial charge < -0.3 is 19.8 Å². The molecular weight excluding hydrogens is 268 g/mol. The Morgan fingerprint density at radius 3 is 2.38 bits per heavy atom. The van der Waals surface area contributed by atoms with E-state index in [9.17, 15) is 4.79 Å². The maximum Gasteiger partial charge on any atom is 0.274 e. The molecule has 112 valence electrons. The summed E-state index contributed by atoms with van der Waals surface area (Å²) >= 11 is 0. The van der Waals surface area contributed by atoms with Crippen LogP contribution in [0.1, 0.15) is 19.9 Å². The molecule has 0 aliphatic carbocycles. The number of hydrogen-bond acceptors (Lipinski definition) is 4. The summed E-state index contributed by atoms with van der Waals surface area (Å²) < 4.78 is 12.3. The zero-order valence-corrected chi connectivity index (χ0v) is 12.7. The predicted molar refractivity (Wildman–Crippen MR) is 84.0 cm³/mol. The minimum atomic E-state index is -0.194. The summed E-state index contributed by atoms with van der Waals surface area (Å²) in [5.74, 6) is 1.34. The molecule has 0 atom stereocenters. The highest BCUT2D eigenvalue weighted by atomic mass is 16.5. The van der Waals surface area contributed by atoms with E-state index in [0.29, 0.717) is 11.5 Å². The van der Waals surface area contributed by atoms with Gasteiger partial charge in [-0.1, -0.05) is 0 Å². The van der Waals surface area contributed by atoms with Gasteiger partial charge in [0, 0.05) is 17.7 Å². The van der Waals surface area contributed by atoms with Crippen molar-refractivity contribution < 1.29 is 9.47 Å². The van der Waals surface area contributed by atoms with Gasteiger partial charge in [-0.15, -0.1) is 0 Å². The maximum absolute atomic E-state index is 12.3. The first-order valence-electron chi connectivity index (χ1n) is 6.73. The topological polar surface area (TPSA) is 66.5 Å². The number of rotatable bonds is 4. The van der Waals surface area contributed by atoms with Crippen LogP contribution in [-0.2, 0) is 0 Å². The van der Waals surface area contributed by atoms with Gasteiger partial charge in [-0.3, -0.25) is 4.79 Å². The van der Waals surface area contributed by atoms with Gasteiger partial charge in [-0.25, -0.2) is 0 Å². The molecule has 5 nitrogen and oxygen atoms in total. The second-order valence-corrected chi connectivity index (χ2v) is 5.01. The van der Waals surface area contributed by atoms with E-state index in [1.54, 1.807) is 30.9 Å². The Balaban J connectivity index is 2.73. The van der Waals surface area contributed by atoms with E-state index in [2.05, 4.69) is 0 Å². The van der Waals surface area contributed by atoms with E-state index in [4.69, 9.17) is 15.2 Å². The lowest BCUT2D eigenvalue weighted by molar-refractivity contribution is 0.395. The minimum absolute atomic E-state index is 0.0113. The van der Waals surface area contributed by atoms with Crippen molar-refractivity contribution in [2.24, 2.45) is 0 Å². The van der Waals surface area contributed by atoms with E-state index >= 15 is 0 Å². The van der Waals surface area contributed by atoms with Crippen LogP contribution in [0.4, 0.5) is 5.69 Å². The van der Waals surface area contributed by atoms with Gasteiger partial charge >= 0.3 is 0 Å². The fraction of sp³-hybridized carbons (Fsp3) is 0.312. The highest BCUT2D eigenvalue weighted by molar-refractivity contribution is 5.70. The van der Waals surface area contributed by atoms with E-state index in [1.807, 2.05) is 32.0 Å². The van der Waals surface area contributed by atoms with Crippen molar-refractivity contribution in [1.82, 2.24) is 4.57 Å². The van der Waals surface area contributed by atoms with Crippen LogP contribution in [0.2, 0.25) is 0 Å². The Kier molecular flexibility index (Phi) is 4.21. The van der Waals surface area contributed by atoms with Gasteiger partial charge in [-0.05, 0) is 38.1 Å². The third-order valence-corrected chi connectivity index (χ3v) is 3.35. The molecule has 1 aromatic carbocycles. The van der Waals surface area contributed by atoms with Crippen molar-refractivity contribution in [3.05, 3.63) is 40.7 Å². The summed E-state index contributed by atoms with van der Waals surface area (Å²) in [5, 5.41) is 0. The number of nitrogens with zero attached hydrogens (tertiary/aromatic N) is 1. The molecule has 0 radical (unpaired) electrons. The Bertz CT molecular complexity index is 705. The average Bonchev–Trinajstić information content (AvgIpc) is 2.48. The Morgan fingerprint density at radius 1 is 1.10 bits per heavy atom. The van der Waals surface area contributed by atoms with Gasteiger partial charge in [0.1, 0.15) is 11.5 Å². The largest absolute Gasteiger partial charge is 0.497 e. The number of hydrogen-bond donors (Lipinski definition) is 1. The van der Waals surface area contributed by atoms with E-state index in [1.165, 1.54) is 0 Å². The van der Waals surface area contributed by atoms with Gasteiger partial charge in [-0.2, -0.15) is 0 Å². The van der Waals surface area contributed by atoms with E-state index < -0.39 is 0 Å². The van der Waals surface area contributed by atoms with Crippen LogP contribution in [0.3, 0.4) is 0 Å². The summed E-state index contributed by atoms with van der Waals surface area (Å²) in [5.41, 5.74) is 7.37. The van der Waals surface area contributed by atoms with Crippen molar-refractivity contribution in [1.29, 1.82) is 0 Å². The molecule has 0 saturated carbocycles. The molecular formula is C16H20N2O3. The Morgan fingerprint density at radius 2 is 1.81 bits per heavy atom. The van der Waals surface area contributed by atoms with Crippen molar-refractivity contribution in [2.75, 3.05) is 20.0 Å². The number of ether oxygens (including phenoxy) is 2.